The number of carbonyl (C=O) groups is 2. The van der Waals surface area contributed by atoms with Gasteiger partial charge >= 0.3 is 12.0 Å². The molecule has 1 atom stereocenters. The van der Waals surface area contributed by atoms with Gasteiger partial charge in [-0.25, -0.2) is 4.79 Å². The van der Waals surface area contributed by atoms with Crippen LogP contribution >= 0.6 is 0 Å². The highest BCUT2D eigenvalue weighted by atomic mass is 16.5. The Morgan fingerprint density at radius 3 is 2.56 bits per heavy atom. The van der Waals surface area contributed by atoms with Gasteiger partial charge in [0.15, 0.2) is 0 Å². The van der Waals surface area contributed by atoms with E-state index in [9.17, 15) is 9.59 Å². The van der Waals surface area contributed by atoms with Gasteiger partial charge in [0.2, 0.25) is 0 Å². The number of ether oxygens (including phenoxy) is 1. The average Bonchev–Trinajstić information content (AvgIpc) is 3.08. The quantitative estimate of drug-likeness (QED) is 0.605. The molecule has 1 aliphatic rings. The summed E-state index contributed by atoms with van der Waals surface area (Å²) in [5, 5.41) is 14.4. The Kier molecular flexibility index (Phi) is 5.40. The lowest BCUT2D eigenvalue weighted by atomic mass is 10.1. The fourth-order valence-corrected chi connectivity index (χ4v) is 1.85. The molecule has 6 nitrogen and oxygen atoms in total. The Bertz CT molecular complexity index is 296. The fraction of sp³-hybridized carbons (Fsp3) is 0.833. The highest BCUT2D eigenvalue weighted by Crippen LogP contribution is 2.45. The molecule has 0 heterocycles. The molecule has 0 aromatic rings. The molecule has 1 rings (SSSR count). The van der Waals surface area contributed by atoms with Crippen LogP contribution in [0.5, 0.6) is 0 Å². The first kappa shape index (κ1) is 14.8. The highest BCUT2D eigenvalue weighted by Gasteiger charge is 2.50. The Morgan fingerprint density at radius 1 is 1.44 bits per heavy atom. The van der Waals surface area contributed by atoms with E-state index in [0.717, 1.165) is 12.8 Å². The molecule has 0 bridgehead atoms. The van der Waals surface area contributed by atoms with Crippen LogP contribution in [-0.2, 0) is 9.53 Å². The minimum Gasteiger partial charge on any atom is -0.481 e. The second kappa shape index (κ2) is 6.58. The molecule has 0 aromatic carbocycles. The summed E-state index contributed by atoms with van der Waals surface area (Å²) >= 11 is 0. The summed E-state index contributed by atoms with van der Waals surface area (Å²) in [7, 11) is 1.59. The number of carbonyl (C=O) groups excluding carboxylic acids is 1. The van der Waals surface area contributed by atoms with Crippen molar-refractivity contribution < 1.29 is 19.4 Å². The molecule has 18 heavy (non-hydrogen) atoms. The van der Waals surface area contributed by atoms with Crippen LogP contribution in [0.15, 0.2) is 0 Å². The molecule has 1 unspecified atom stereocenters. The van der Waals surface area contributed by atoms with Crippen molar-refractivity contribution in [1.29, 1.82) is 0 Å². The normalized spacial score (nSPS) is 17.9. The molecule has 0 radical (unpaired) electrons. The van der Waals surface area contributed by atoms with Crippen molar-refractivity contribution in [3.63, 3.8) is 0 Å². The maximum Gasteiger partial charge on any atom is 0.315 e. The standard InChI is InChI=1S/C12H22N2O4/c1-3-4-9(7-18-2)14-11(17)13-8-12(5-6-12)10(15)16/h9H,3-8H2,1-2H3,(H,15,16)(H2,13,14,17). The first-order valence-corrected chi connectivity index (χ1v) is 6.31. The lowest BCUT2D eigenvalue weighted by Gasteiger charge is -2.18. The Morgan fingerprint density at radius 2 is 2.11 bits per heavy atom. The first-order valence-electron chi connectivity index (χ1n) is 6.31. The predicted molar refractivity (Wildman–Crippen MR) is 66.4 cm³/mol. The number of amides is 2. The van der Waals surface area contributed by atoms with Gasteiger partial charge in [-0.05, 0) is 19.3 Å². The van der Waals surface area contributed by atoms with E-state index in [1.54, 1.807) is 7.11 Å². The van der Waals surface area contributed by atoms with Gasteiger partial charge in [-0.15, -0.1) is 0 Å². The monoisotopic (exact) mass is 258 g/mol. The van der Waals surface area contributed by atoms with Gasteiger partial charge in [-0.1, -0.05) is 13.3 Å². The van der Waals surface area contributed by atoms with Gasteiger partial charge in [0.05, 0.1) is 18.1 Å². The molecule has 3 N–H and O–H groups in total. The third kappa shape index (κ3) is 4.18. The van der Waals surface area contributed by atoms with E-state index >= 15 is 0 Å². The molecule has 0 saturated heterocycles. The van der Waals surface area contributed by atoms with Crippen LogP contribution in [0.3, 0.4) is 0 Å². The summed E-state index contributed by atoms with van der Waals surface area (Å²) in [6, 6.07) is -0.349. The third-order valence-corrected chi connectivity index (χ3v) is 3.23. The minimum atomic E-state index is -0.829. The molecule has 0 aromatic heterocycles. The molecule has 1 fully saturated rings. The largest absolute Gasteiger partial charge is 0.481 e. The van der Waals surface area contributed by atoms with E-state index in [4.69, 9.17) is 9.84 Å². The molecule has 1 saturated carbocycles. The lowest BCUT2D eigenvalue weighted by molar-refractivity contribution is -0.143. The van der Waals surface area contributed by atoms with E-state index in [1.807, 2.05) is 6.92 Å². The van der Waals surface area contributed by atoms with Gasteiger partial charge in [0.25, 0.3) is 0 Å². The number of hydrogen-bond donors (Lipinski definition) is 3. The Balaban J connectivity index is 2.29. The van der Waals surface area contributed by atoms with Crippen molar-refractivity contribution in [1.82, 2.24) is 10.6 Å². The summed E-state index contributed by atoms with van der Waals surface area (Å²) in [4.78, 5) is 22.6. The average molecular weight is 258 g/mol. The van der Waals surface area contributed by atoms with Crippen LogP contribution < -0.4 is 10.6 Å². The van der Waals surface area contributed by atoms with Gasteiger partial charge in [-0.2, -0.15) is 0 Å². The highest BCUT2D eigenvalue weighted by molar-refractivity contribution is 5.80. The van der Waals surface area contributed by atoms with Crippen LogP contribution in [-0.4, -0.2) is 43.4 Å². The van der Waals surface area contributed by atoms with Gasteiger partial charge < -0.3 is 20.5 Å². The number of rotatable bonds is 8. The van der Waals surface area contributed by atoms with Crippen LogP contribution in [0.1, 0.15) is 32.6 Å². The van der Waals surface area contributed by atoms with Gasteiger partial charge in [0.1, 0.15) is 0 Å². The minimum absolute atomic E-state index is 0.0278. The number of nitrogens with one attached hydrogen (secondary N) is 2. The maximum atomic E-state index is 11.6. The fourth-order valence-electron chi connectivity index (χ4n) is 1.85. The van der Waals surface area contributed by atoms with E-state index in [0.29, 0.717) is 19.4 Å². The van der Waals surface area contributed by atoms with Crippen LogP contribution in [0.2, 0.25) is 0 Å². The number of aliphatic carboxylic acids is 1. The molecular formula is C12H22N2O4. The zero-order chi connectivity index (χ0) is 13.6. The molecular weight excluding hydrogens is 236 g/mol. The predicted octanol–water partition coefficient (Wildman–Crippen LogP) is 0.965. The van der Waals surface area contributed by atoms with Crippen molar-refractivity contribution in [3.05, 3.63) is 0 Å². The van der Waals surface area contributed by atoms with E-state index in [-0.39, 0.29) is 18.6 Å². The van der Waals surface area contributed by atoms with Crippen molar-refractivity contribution in [2.45, 2.75) is 38.6 Å². The summed E-state index contributed by atoms with van der Waals surface area (Å²) in [5.74, 6) is -0.829. The van der Waals surface area contributed by atoms with Crippen molar-refractivity contribution in [3.8, 4) is 0 Å². The smallest absolute Gasteiger partial charge is 0.315 e. The van der Waals surface area contributed by atoms with Gasteiger partial charge in [0, 0.05) is 13.7 Å². The van der Waals surface area contributed by atoms with Gasteiger partial charge in [-0.3, -0.25) is 4.79 Å². The first-order chi connectivity index (χ1) is 8.54. The Hall–Kier alpha value is -1.30. The number of methoxy groups -OCH3 is 1. The van der Waals surface area contributed by atoms with E-state index < -0.39 is 11.4 Å². The molecule has 0 spiro atoms. The second-order valence-corrected chi connectivity index (χ2v) is 4.85. The van der Waals surface area contributed by atoms with Crippen LogP contribution in [0, 0.1) is 5.41 Å². The second-order valence-electron chi connectivity index (χ2n) is 4.85. The van der Waals surface area contributed by atoms with Crippen molar-refractivity contribution in [2.75, 3.05) is 20.3 Å². The summed E-state index contributed by atoms with van der Waals surface area (Å²) in [5.41, 5.74) is -0.723. The third-order valence-electron chi connectivity index (χ3n) is 3.23. The summed E-state index contributed by atoms with van der Waals surface area (Å²) in [6.07, 6.45) is 3.07. The van der Waals surface area contributed by atoms with Crippen LogP contribution in [0.25, 0.3) is 0 Å². The van der Waals surface area contributed by atoms with Crippen LogP contribution in [0.4, 0.5) is 4.79 Å². The maximum absolute atomic E-state index is 11.6. The zero-order valence-corrected chi connectivity index (χ0v) is 11.0. The zero-order valence-electron chi connectivity index (χ0n) is 11.0. The van der Waals surface area contributed by atoms with Crippen molar-refractivity contribution in [2.24, 2.45) is 5.41 Å². The molecule has 2 amide bonds. The lowest BCUT2D eigenvalue weighted by Crippen LogP contribution is -2.46. The molecule has 0 aliphatic heterocycles. The molecule has 104 valence electrons. The number of carboxylic acids is 1. The Labute approximate surface area is 107 Å². The van der Waals surface area contributed by atoms with Crippen molar-refractivity contribution >= 4 is 12.0 Å². The SMILES string of the molecule is CCCC(COC)NC(=O)NCC1(C(=O)O)CC1. The number of hydrogen-bond acceptors (Lipinski definition) is 3. The molecule has 1 aliphatic carbocycles. The van der Waals surface area contributed by atoms with E-state index in [2.05, 4.69) is 10.6 Å². The summed E-state index contributed by atoms with van der Waals surface area (Å²) in [6.45, 7) is 2.69. The van der Waals surface area contributed by atoms with E-state index in [1.165, 1.54) is 0 Å². The molecule has 6 heteroatoms. The number of urea groups is 1. The topological polar surface area (TPSA) is 87.7 Å². The summed E-state index contributed by atoms with van der Waals surface area (Å²) < 4.78 is 5.02. The number of carboxylic acid groups (broad SMARTS) is 1.